The number of likely N-dealkylation sites (N-methyl/N-ethyl adjacent to an activating group) is 1. The van der Waals surface area contributed by atoms with Crippen molar-refractivity contribution in [1.29, 1.82) is 0 Å². The highest BCUT2D eigenvalue weighted by molar-refractivity contribution is 6.22. The minimum Gasteiger partial charge on any atom is -0.466 e. The zero-order valence-corrected chi connectivity index (χ0v) is 18.2. The Hall–Kier alpha value is -3.82. The number of fused-ring (bicyclic) bond motifs is 2. The molecule has 2 aliphatic rings. The summed E-state index contributed by atoms with van der Waals surface area (Å²) in [5.74, 6) is -3.93. The van der Waals surface area contributed by atoms with Crippen LogP contribution in [0.2, 0.25) is 0 Å². The molecule has 1 amide bonds. The second-order valence-electron chi connectivity index (χ2n) is 6.96. The van der Waals surface area contributed by atoms with Crippen LogP contribution in [0.4, 0.5) is 5.69 Å². The first kappa shape index (κ1) is 22.9. The minimum absolute atomic E-state index is 0.0243. The van der Waals surface area contributed by atoms with Gasteiger partial charge in [0.05, 0.1) is 20.3 Å². The van der Waals surface area contributed by atoms with E-state index in [2.05, 4.69) is 0 Å². The highest BCUT2D eigenvalue weighted by Gasteiger charge is 2.63. The van der Waals surface area contributed by atoms with E-state index in [9.17, 15) is 19.2 Å². The fourth-order valence-electron chi connectivity index (χ4n) is 4.09. The van der Waals surface area contributed by atoms with E-state index in [0.29, 0.717) is 11.3 Å². The van der Waals surface area contributed by atoms with E-state index in [1.165, 1.54) is 11.9 Å². The molecule has 0 bridgehead atoms. The van der Waals surface area contributed by atoms with E-state index in [1.807, 2.05) is 0 Å². The maximum absolute atomic E-state index is 13.8. The number of methoxy groups -OCH3 is 1. The Morgan fingerprint density at radius 3 is 2.34 bits per heavy atom. The lowest BCUT2D eigenvalue weighted by Gasteiger charge is -2.36. The van der Waals surface area contributed by atoms with Crippen LogP contribution in [0.1, 0.15) is 25.8 Å². The Labute approximate surface area is 184 Å². The first-order valence-electron chi connectivity index (χ1n) is 9.95. The zero-order valence-electron chi connectivity index (χ0n) is 18.2. The highest BCUT2D eigenvalue weighted by Crippen LogP contribution is 2.54. The predicted octanol–water partition coefficient (Wildman–Crippen LogP) is 1.04. The quantitative estimate of drug-likeness (QED) is 0.504. The lowest BCUT2D eigenvalue weighted by molar-refractivity contribution is -0.143. The van der Waals surface area contributed by atoms with Gasteiger partial charge in [0.1, 0.15) is 28.7 Å². The van der Waals surface area contributed by atoms with Crippen molar-refractivity contribution >= 4 is 29.5 Å². The van der Waals surface area contributed by atoms with E-state index in [-0.39, 0.29) is 30.1 Å². The van der Waals surface area contributed by atoms with Crippen LogP contribution < -0.4 is 10.6 Å². The topological polar surface area (TPSA) is 134 Å². The van der Waals surface area contributed by atoms with Gasteiger partial charge < -0.3 is 29.6 Å². The second kappa shape index (κ2) is 8.74. The third kappa shape index (κ3) is 3.28. The van der Waals surface area contributed by atoms with Crippen LogP contribution in [-0.2, 0) is 43.5 Å². The molecule has 0 unspecified atom stereocenters. The van der Waals surface area contributed by atoms with Crippen molar-refractivity contribution in [3.8, 4) is 0 Å². The number of carbonyl (C=O) groups is 4. The molecule has 0 aromatic heterocycles. The van der Waals surface area contributed by atoms with Crippen LogP contribution in [0, 0.1) is 0 Å². The molecule has 2 N–H and O–H groups in total. The van der Waals surface area contributed by atoms with E-state index in [1.54, 1.807) is 38.1 Å². The summed E-state index contributed by atoms with van der Waals surface area (Å²) < 4.78 is 20.7. The summed E-state index contributed by atoms with van der Waals surface area (Å²) in [7, 11) is 2.62. The van der Waals surface area contributed by atoms with Crippen molar-refractivity contribution in [2.75, 3.05) is 32.3 Å². The lowest BCUT2D eigenvalue weighted by Crippen LogP contribution is -2.50. The standard InChI is InChI=1S/C22H24N2O8/c1-5-30-15(25)11-14-16(20(27)31-6-2)22(17(18(23)32-14)19(26)29-4)12-9-7-8-10-13(12)24(3)21(22)28/h7-10H,5-6,11,23H2,1-4H3/t22-/m0/s1. The smallest absolute Gasteiger partial charge is 0.340 e. The Bertz CT molecular complexity index is 1060. The van der Waals surface area contributed by atoms with Crippen LogP contribution in [0.5, 0.6) is 0 Å². The fraction of sp³-hybridized carbons (Fsp3) is 0.364. The SMILES string of the molecule is CCOC(=O)CC1=C(C(=O)OCC)[C@]2(C(=O)N(C)c3ccccc32)C(C(=O)OC)=C(N)O1. The molecule has 0 radical (unpaired) electrons. The molecule has 0 fully saturated rings. The number of nitrogens with two attached hydrogens (primary N) is 1. The molecule has 2 heterocycles. The van der Waals surface area contributed by atoms with Crippen LogP contribution in [0.25, 0.3) is 0 Å². The molecule has 10 heteroatoms. The zero-order chi connectivity index (χ0) is 23.6. The molecule has 1 aromatic rings. The summed E-state index contributed by atoms with van der Waals surface area (Å²) in [4.78, 5) is 53.5. The summed E-state index contributed by atoms with van der Waals surface area (Å²) in [5.41, 5.74) is 4.16. The monoisotopic (exact) mass is 444 g/mol. The second-order valence-corrected chi connectivity index (χ2v) is 6.96. The molecular weight excluding hydrogens is 420 g/mol. The molecule has 1 aromatic carbocycles. The summed E-state index contributed by atoms with van der Waals surface area (Å²) >= 11 is 0. The minimum atomic E-state index is -2.02. The van der Waals surface area contributed by atoms with Gasteiger partial charge in [-0.05, 0) is 19.9 Å². The third-order valence-electron chi connectivity index (χ3n) is 5.28. The van der Waals surface area contributed by atoms with E-state index >= 15 is 0 Å². The van der Waals surface area contributed by atoms with Gasteiger partial charge in [-0.1, -0.05) is 18.2 Å². The average molecular weight is 444 g/mol. The van der Waals surface area contributed by atoms with E-state index < -0.39 is 41.5 Å². The van der Waals surface area contributed by atoms with Gasteiger partial charge in [-0.2, -0.15) is 0 Å². The van der Waals surface area contributed by atoms with Crippen molar-refractivity contribution in [2.24, 2.45) is 5.73 Å². The van der Waals surface area contributed by atoms with Gasteiger partial charge in [0.25, 0.3) is 0 Å². The number of benzene rings is 1. The van der Waals surface area contributed by atoms with E-state index in [0.717, 1.165) is 7.11 Å². The van der Waals surface area contributed by atoms with Crippen molar-refractivity contribution in [1.82, 2.24) is 0 Å². The maximum Gasteiger partial charge on any atom is 0.340 e. The van der Waals surface area contributed by atoms with E-state index in [4.69, 9.17) is 24.7 Å². The predicted molar refractivity (Wildman–Crippen MR) is 111 cm³/mol. The largest absolute Gasteiger partial charge is 0.466 e. The van der Waals surface area contributed by atoms with Gasteiger partial charge in [-0.3, -0.25) is 9.59 Å². The molecule has 1 spiro atoms. The first-order chi connectivity index (χ1) is 15.2. The van der Waals surface area contributed by atoms with Gasteiger partial charge in [0.15, 0.2) is 0 Å². The van der Waals surface area contributed by atoms with Crippen molar-refractivity contribution in [3.63, 3.8) is 0 Å². The van der Waals surface area contributed by atoms with Crippen molar-refractivity contribution in [2.45, 2.75) is 25.7 Å². The molecule has 0 saturated carbocycles. The number of hydrogen-bond acceptors (Lipinski definition) is 9. The average Bonchev–Trinajstić information content (AvgIpc) is 2.96. The normalized spacial score (nSPS) is 19.6. The fourth-order valence-corrected chi connectivity index (χ4v) is 4.09. The molecule has 2 aliphatic heterocycles. The molecule has 0 saturated heterocycles. The van der Waals surface area contributed by atoms with Crippen molar-refractivity contribution in [3.05, 3.63) is 52.6 Å². The number of carbonyl (C=O) groups excluding carboxylic acids is 4. The number of anilines is 1. The lowest BCUT2D eigenvalue weighted by atomic mass is 9.67. The number of nitrogens with zero attached hydrogens (tertiary/aromatic N) is 1. The number of ether oxygens (including phenoxy) is 4. The summed E-state index contributed by atoms with van der Waals surface area (Å²) in [6.45, 7) is 3.28. The number of para-hydroxylation sites is 1. The molecule has 3 rings (SSSR count). The summed E-state index contributed by atoms with van der Waals surface area (Å²) in [5, 5.41) is 0. The van der Waals surface area contributed by atoms with Crippen LogP contribution in [0.15, 0.2) is 47.1 Å². The van der Waals surface area contributed by atoms with Gasteiger partial charge in [0, 0.05) is 18.3 Å². The van der Waals surface area contributed by atoms with Crippen LogP contribution in [-0.4, -0.2) is 51.2 Å². The van der Waals surface area contributed by atoms with Gasteiger partial charge in [0.2, 0.25) is 11.8 Å². The van der Waals surface area contributed by atoms with Crippen LogP contribution >= 0.6 is 0 Å². The van der Waals surface area contributed by atoms with Crippen molar-refractivity contribution < 1.29 is 38.1 Å². The highest BCUT2D eigenvalue weighted by atomic mass is 16.5. The molecule has 10 nitrogen and oxygen atoms in total. The Morgan fingerprint density at radius 2 is 1.72 bits per heavy atom. The van der Waals surface area contributed by atoms with Gasteiger partial charge >= 0.3 is 17.9 Å². The Balaban J connectivity index is 2.42. The number of esters is 3. The Kier molecular flexibility index (Phi) is 6.24. The van der Waals surface area contributed by atoms with Gasteiger partial charge in [-0.15, -0.1) is 0 Å². The summed E-state index contributed by atoms with van der Waals surface area (Å²) in [6, 6.07) is 6.62. The molecule has 170 valence electrons. The number of amides is 1. The number of rotatable bonds is 6. The van der Waals surface area contributed by atoms with Crippen LogP contribution in [0.3, 0.4) is 0 Å². The molecular formula is C22H24N2O8. The third-order valence-corrected chi connectivity index (χ3v) is 5.28. The molecule has 0 aliphatic carbocycles. The van der Waals surface area contributed by atoms with Gasteiger partial charge in [-0.25, -0.2) is 9.59 Å². The summed E-state index contributed by atoms with van der Waals surface area (Å²) in [6.07, 6.45) is -0.502. The molecule has 32 heavy (non-hydrogen) atoms. The first-order valence-corrected chi connectivity index (χ1v) is 9.95. The Morgan fingerprint density at radius 1 is 1.06 bits per heavy atom. The molecule has 1 atom stereocenters. The maximum atomic E-state index is 13.8. The number of hydrogen-bond donors (Lipinski definition) is 1.